The lowest BCUT2D eigenvalue weighted by Gasteiger charge is -2.01. The van der Waals surface area contributed by atoms with Crippen molar-refractivity contribution in [3.63, 3.8) is 0 Å². The minimum atomic E-state index is -1.50. The zero-order valence-electron chi connectivity index (χ0n) is 29.4. The van der Waals surface area contributed by atoms with Crippen LogP contribution in [0.4, 0.5) is 0 Å². The molecule has 20 nitrogen and oxygen atoms in total. The Bertz CT molecular complexity index is 384. The number of hydrogen-bond acceptors (Lipinski definition) is 17. The summed E-state index contributed by atoms with van der Waals surface area (Å²) in [5.41, 5.74) is 0. The second-order valence-corrected chi connectivity index (χ2v) is 7.18. The molecule has 23 heteroatoms. The minimum absolute atomic E-state index is 0. The molecule has 298 valence electrons. The largest absolute Gasteiger partial charge is 0.395 e. The maximum absolute atomic E-state index is 8.36. The zero-order valence-corrected chi connectivity index (χ0v) is 34.3. The lowest BCUT2D eigenvalue weighted by molar-refractivity contribution is -0.742. The van der Waals surface area contributed by atoms with Gasteiger partial charge in [0.1, 0.15) is 0 Å². The number of aliphatic hydroxyl groups is 2. The van der Waals surface area contributed by atoms with Gasteiger partial charge in [-0.05, 0) is 14.1 Å². The van der Waals surface area contributed by atoms with Gasteiger partial charge in [0.15, 0.2) is 5.34 Å². The lowest BCUT2D eigenvalue weighted by atomic mass is 10.6. The second-order valence-electron chi connectivity index (χ2n) is 7.18. The van der Waals surface area contributed by atoms with E-state index in [4.69, 9.17) is 64.1 Å². The van der Waals surface area contributed by atoms with Gasteiger partial charge in [-0.15, -0.1) is 68.4 Å². The molecule has 0 saturated carbocycles. The van der Waals surface area contributed by atoms with Crippen molar-refractivity contribution >= 4 is 53.4 Å². The Morgan fingerprint density at radius 2 is 0.745 bits per heavy atom. The highest BCUT2D eigenvalue weighted by molar-refractivity contribution is 14.0. The lowest BCUT2D eigenvalue weighted by Crippen LogP contribution is -2.23. The Kier molecular flexibility index (Phi) is 149. The van der Waals surface area contributed by atoms with E-state index in [0.29, 0.717) is 13.1 Å². The number of nitrogens with one attached hydrogen (secondary N) is 5. The quantitative estimate of drug-likeness (QED) is 0.0216. The number of rotatable bonds is 22. The van der Waals surface area contributed by atoms with Crippen molar-refractivity contribution in [1.82, 2.24) is 26.6 Å². The summed E-state index contributed by atoms with van der Waals surface area (Å²) in [4.78, 5) is 16.5. The van der Waals surface area contributed by atoms with Crippen LogP contribution in [0.15, 0.2) is 5.34 Å². The van der Waals surface area contributed by atoms with E-state index in [2.05, 4.69) is 26.6 Å². The Hall–Kier alpha value is -0.420. The van der Waals surface area contributed by atoms with Gasteiger partial charge in [0, 0.05) is 95.0 Å². The average Bonchev–Trinajstić information content (AvgIpc) is 2.99. The number of hydrogen-bond donors (Lipinski definition) is 9. The first-order valence-corrected chi connectivity index (χ1v) is 13.6. The van der Waals surface area contributed by atoms with Crippen molar-refractivity contribution in [2.24, 2.45) is 5.34 Å². The molecule has 0 aliphatic carbocycles. The fourth-order valence-corrected chi connectivity index (χ4v) is 1.64. The Balaban J connectivity index is -0.0000000433. The molecule has 0 radical (unpaired) electrons. The molecule has 0 aromatic rings. The summed E-state index contributed by atoms with van der Waals surface area (Å²) in [6, 6.07) is 0. The molecular formula is C24H68BrClIN7O13. The molecule has 0 aliphatic heterocycles. The van der Waals surface area contributed by atoms with Gasteiger partial charge in [-0.2, -0.15) is 0 Å². The van der Waals surface area contributed by atoms with Gasteiger partial charge >= 0.3 is 0 Å². The first-order valence-electron chi connectivity index (χ1n) is 13.6. The molecule has 0 aromatic heterocycles. The molecule has 9 N–H and O–H groups in total. The predicted molar refractivity (Wildman–Crippen MR) is 201 cm³/mol. The van der Waals surface area contributed by atoms with E-state index in [1.165, 1.54) is 5.34 Å². The maximum Gasteiger partial charge on any atom is 0.291 e. The standard InChI is InChI=1S/3C6H15NO2.2C3H9NO.BrH.ClH.HI.HNO3.HNO2/c3*1-8-5-3-7-4-6-9-2;2*1-4-2-3-5;;;;2-1(3)4;2-1-3/h3*7H,3-6H2,1-2H3;2*4-5H,2-3H2,1H3;3*1H;(H,2,3,4);(H,2,3). The first-order chi connectivity index (χ1) is 21.2. The topological polar surface area (TPSA) is 269 Å². The van der Waals surface area contributed by atoms with E-state index in [9.17, 15) is 0 Å². The monoisotopic (exact) mass is 903 g/mol. The van der Waals surface area contributed by atoms with Crippen molar-refractivity contribution in [3.8, 4) is 0 Å². The SMILES string of the molecule is Br.CNCCO.CNCCO.COCCNCCOC.COCCNCCOC.COCCNCCOC.Cl.I.O=NO.O=[N+]([O-])O. The third-order valence-corrected chi connectivity index (χ3v) is 3.62. The van der Waals surface area contributed by atoms with Gasteiger partial charge in [0.05, 0.1) is 52.9 Å². The van der Waals surface area contributed by atoms with Crippen molar-refractivity contribution in [3.05, 3.63) is 15.0 Å². The van der Waals surface area contributed by atoms with Crippen LogP contribution in [-0.4, -0.2) is 188 Å². The number of halogens is 3. The van der Waals surface area contributed by atoms with Crippen LogP contribution in [0, 0.1) is 15.0 Å². The Morgan fingerprint density at radius 3 is 0.809 bits per heavy atom. The second kappa shape index (κ2) is 96.9. The third-order valence-electron chi connectivity index (χ3n) is 3.62. The van der Waals surface area contributed by atoms with Crippen molar-refractivity contribution in [2.45, 2.75) is 0 Å². The smallest absolute Gasteiger partial charge is 0.291 e. The molecule has 0 spiro atoms. The van der Waals surface area contributed by atoms with Gasteiger partial charge in [-0.25, -0.2) is 0 Å². The third kappa shape index (κ3) is 186. The average molecular weight is 905 g/mol. The molecule has 0 aromatic carbocycles. The van der Waals surface area contributed by atoms with Crippen molar-refractivity contribution in [1.29, 1.82) is 0 Å². The van der Waals surface area contributed by atoms with Crippen LogP contribution in [0.2, 0.25) is 0 Å². The summed E-state index contributed by atoms with van der Waals surface area (Å²) in [6.07, 6.45) is 0. The fraction of sp³-hybridized carbons (Fsp3) is 1.00. The highest BCUT2D eigenvalue weighted by Gasteiger charge is 1.84. The zero-order chi connectivity index (χ0) is 35.4. The fourth-order valence-electron chi connectivity index (χ4n) is 1.64. The molecule has 0 rings (SSSR count). The highest BCUT2D eigenvalue weighted by Crippen LogP contribution is 1.67. The van der Waals surface area contributed by atoms with Gasteiger partial charge < -0.3 is 75.6 Å². The van der Waals surface area contributed by atoms with E-state index >= 15 is 0 Å². The molecule has 0 aliphatic rings. The van der Waals surface area contributed by atoms with Crippen LogP contribution < -0.4 is 26.6 Å². The van der Waals surface area contributed by atoms with Crippen LogP contribution in [0.5, 0.6) is 0 Å². The van der Waals surface area contributed by atoms with Gasteiger partial charge in [0.2, 0.25) is 0 Å². The molecule has 47 heavy (non-hydrogen) atoms. The van der Waals surface area contributed by atoms with Gasteiger partial charge in [-0.1, -0.05) is 0 Å². The van der Waals surface area contributed by atoms with E-state index in [1.807, 2.05) is 0 Å². The number of aliphatic hydroxyl groups excluding tert-OH is 2. The maximum atomic E-state index is 8.36. The predicted octanol–water partition coefficient (Wildman–Crippen LogP) is -0.585. The molecule has 0 saturated heterocycles. The van der Waals surface area contributed by atoms with E-state index < -0.39 is 5.09 Å². The molecule has 0 unspecified atom stereocenters. The summed E-state index contributed by atoms with van der Waals surface area (Å²) < 4.78 is 28.9. The Morgan fingerprint density at radius 1 is 0.596 bits per heavy atom. The molecule has 0 heterocycles. The van der Waals surface area contributed by atoms with Crippen molar-refractivity contribution in [2.75, 3.05) is 162 Å². The summed E-state index contributed by atoms with van der Waals surface area (Å²) >= 11 is 0. The highest BCUT2D eigenvalue weighted by atomic mass is 127. The van der Waals surface area contributed by atoms with Gasteiger partial charge in [0.25, 0.3) is 5.09 Å². The van der Waals surface area contributed by atoms with Crippen LogP contribution in [0.1, 0.15) is 0 Å². The number of methoxy groups -OCH3 is 6. The summed E-state index contributed by atoms with van der Waals surface area (Å²) in [6.45, 7) is 11.9. The van der Waals surface area contributed by atoms with E-state index in [1.54, 1.807) is 56.8 Å². The number of likely N-dealkylation sites (N-methyl/N-ethyl adjacent to an activating group) is 2. The molecular weight excluding hydrogens is 837 g/mol. The minimum Gasteiger partial charge on any atom is -0.395 e. The number of ether oxygens (including phenoxy) is 6. The normalized spacial score (nSPS) is 8.30. The van der Waals surface area contributed by atoms with Crippen molar-refractivity contribution < 1.29 is 54.1 Å². The molecule has 0 atom stereocenters. The summed E-state index contributed by atoms with van der Waals surface area (Å²) in [5, 5.41) is 52.5. The van der Waals surface area contributed by atoms with Crippen LogP contribution >= 0.6 is 53.4 Å². The van der Waals surface area contributed by atoms with E-state index in [-0.39, 0.29) is 66.6 Å². The summed E-state index contributed by atoms with van der Waals surface area (Å²) in [5.74, 6) is 0. The van der Waals surface area contributed by atoms with Gasteiger partial charge in [-0.3, -0.25) is 0 Å². The number of nitrogens with zero attached hydrogens (tertiary/aromatic N) is 2. The first kappa shape index (κ1) is 72.3. The molecule has 0 fully saturated rings. The molecule has 0 bridgehead atoms. The Labute approximate surface area is 315 Å². The molecule has 0 amide bonds. The summed E-state index contributed by atoms with van der Waals surface area (Å²) in [7, 11) is 13.8. The van der Waals surface area contributed by atoms with Crippen LogP contribution in [0.3, 0.4) is 0 Å². The van der Waals surface area contributed by atoms with Crippen LogP contribution in [-0.2, 0) is 28.4 Å². The van der Waals surface area contributed by atoms with E-state index in [0.717, 1.165) is 78.9 Å². The van der Waals surface area contributed by atoms with Crippen LogP contribution in [0.25, 0.3) is 0 Å².